The smallest absolute Gasteiger partial charge is 0.260 e. The van der Waals surface area contributed by atoms with E-state index in [9.17, 15) is 0 Å². The number of benzene rings is 2. The van der Waals surface area contributed by atoms with Gasteiger partial charge < -0.3 is 0 Å². The standard InChI is InChI=1S/C54H35N9/c1-62-30-31-63(34-62)54(50-43(20-10-28-60-50)44-21-11-29-61-51(44)54)38-15-5-13-36(33-38)52(46-39(16-6-24-56-46)40-17-7-25-57-47(40)52)35-12-4-14-37(32-35)53(45-22-2-3-23-55-45)48-41(18-8-26-58-48)42-19-9-27-59-49(42)53/h2-33H,1H3/q+2. The summed E-state index contributed by atoms with van der Waals surface area (Å²) in [5, 5.41) is 0. The van der Waals surface area contributed by atoms with Gasteiger partial charge in [0.25, 0.3) is 5.54 Å². The average molecular weight is 810 g/mol. The molecule has 0 amide bonds. The molecule has 0 saturated heterocycles. The Morgan fingerprint density at radius 1 is 0.365 bits per heavy atom. The zero-order valence-electron chi connectivity index (χ0n) is 34.0. The van der Waals surface area contributed by atoms with Gasteiger partial charge in [-0.2, -0.15) is 0 Å². The van der Waals surface area contributed by atoms with E-state index < -0.39 is 16.4 Å². The topological polar surface area (TPSA) is 96.2 Å². The summed E-state index contributed by atoms with van der Waals surface area (Å²) in [5.74, 6) is 0. The van der Waals surface area contributed by atoms with E-state index in [1.807, 2.05) is 110 Å². The Labute approximate surface area is 362 Å². The number of aromatic nitrogens is 7. The van der Waals surface area contributed by atoms with Crippen LogP contribution in [0.5, 0.6) is 0 Å². The molecule has 0 saturated carbocycles. The summed E-state index contributed by atoms with van der Waals surface area (Å²) in [5.41, 5.74) is 13.6. The van der Waals surface area contributed by atoms with E-state index in [1.54, 1.807) is 0 Å². The normalized spacial score (nSPS) is 16.0. The molecular weight excluding hydrogens is 775 g/mol. The number of fused-ring (bicyclic) bond motifs is 9. The predicted molar refractivity (Wildman–Crippen MR) is 238 cm³/mol. The minimum Gasteiger partial charge on any atom is -0.260 e. The van der Waals surface area contributed by atoms with Crippen LogP contribution in [0, 0.1) is 0 Å². The molecule has 4 aliphatic rings. The van der Waals surface area contributed by atoms with Crippen LogP contribution in [0.25, 0.3) is 33.4 Å². The molecule has 3 aliphatic carbocycles. The Hall–Kier alpha value is -8.39. The van der Waals surface area contributed by atoms with Gasteiger partial charge in [-0.1, -0.05) is 94.1 Å². The molecule has 9 nitrogen and oxygen atoms in total. The highest BCUT2D eigenvalue weighted by atomic mass is 15.2. The fourth-order valence-corrected chi connectivity index (χ4v) is 11.0. The van der Waals surface area contributed by atoms with Crippen molar-refractivity contribution in [1.29, 1.82) is 0 Å². The van der Waals surface area contributed by atoms with E-state index >= 15 is 0 Å². The lowest BCUT2D eigenvalue weighted by atomic mass is 9.67. The highest BCUT2D eigenvalue weighted by Crippen LogP contribution is 2.59. The van der Waals surface area contributed by atoms with E-state index in [4.69, 9.17) is 34.9 Å². The zero-order chi connectivity index (χ0) is 41.8. The van der Waals surface area contributed by atoms with Crippen LogP contribution in [0.1, 0.15) is 62.1 Å². The predicted octanol–water partition coefficient (Wildman–Crippen LogP) is 8.76. The maximum atomic E-state index is 5.32. The van der Waals surface area contributed by atoms with Crippen LogP contribution in [0.3, 0.4) is 0 Å². The van der Waals surface area contributed by atoms with Gasteiger partial charge in [-0.25, -0.2) is 0 Å². The molecular formula is C54H35N9+2. The van der Waals surface area contributed by atoms with E-state index in [0.29, 0.717) is 0 Å². The fourth-order valence-electron chi connectivity index (χ4n) is 11.0. The zero-order valence-corrected chi connectivity index (χ0v) is 34.0. The summed E-state index contributed by atoms with van der Waals surface area (Å²) < 4.78 is 4.07. The van der Waals surface area contributed by atoms with Crippen LogP contribution in [0.2, 0.25) is 0 Å². The summed E-state index contributed by atoms with van der Waals surface area (Å²) in [4.78, 5) is 36.4. The third-order valence-corrected chi connectivity index (χ3v) is 13.4. The second-order valence-corrected chi connectivity index (χ2v) is 16.4. The van der Waals surface area contributed by atoms with Gasteiger partial charge in [-0.05, 0) is 71.3 Å². The number of pyridine rings is 7. The molecule has 0 fully saturated rings. The van der Waals surface area contributed by atoms with E-state index in [0.717, 1.165) is 95.5 Å². The van der Waals surface area contributed by atoms with Gasteiger partial charge >= 0.3 is 6.01 Å². The lowest BCUT2D eigenvalue weighted by Gasteiger charge is -2.35. The number of rotatable bonds is 6. The maximum absolute atomic E-state index is 5.32. The summed E-state index contributed by atoms with van der Waals surface area (Å²) in [6.07, 6.45) is 17.2. The Balaban J connectivity index is 1.14. The van der Waals surface area contributed by atoms with E-state index in [2.05, 4.69) is 108 Å². The highest BCUT2D eigenvalue weighted by molar-refractivity contribution is 5.86. The molecule has 8 heterocycles. The SMILES string of the molecule is C[N+]1=C=[N+](C2(c3cccc(C4(c5cccc(C6(c7ccccn7)c7ncccc7-c7cccnc76)c5)c5ncccc5-c5cccnc54)c3)c3ncccc3-c3cccnc32)C=C1. The van der Waals surface area contributed by atoms with Crippen LogP contribution >= 0.6 is 0 Å². The molecule has 294 valence electrons. The molecule has 0 radical (unpaired) electrons. The molecule has 0 spiro atoms. The quantitative estimate of drug-likeness (QED) is 0.155. The number of hydrogen-bond acceptors (Lipinski definition) is 7. The summed E-state index contributed by atoms with van der Waals surface area (Å²) in [6, 6.07) is 52.4. The van der Waals surface area contributed by atoms with Crippen LogP contribution < -0.4 is 0 Å². The first-order chi connectivity index (χ1) is 31.2. The molecule has 7 aromatic heterocycles. The Bertz CT molecular complexity index is 3360. The van der Waals surface area contributed by atoms with Crippen molar-refractivity contribution in [2.24, 2.45) is 0 Å². The van der Waals surface area contributed by atoms with E-state index in [1.165, 1.54) is 0 Å². The summed E-state index contributed by atoms with van der Waals surface area (Å²) in [7, 11) is 1.99. The second-order valence-electron chi connectivity index (χ2n) is 16.4. The second kappa shape index (κ2) is 13.1. The van der Waals surface area contributed by atoms with Gasteiger partial charge in [-0.15, -0.1) is 0 Å². The summed E-state index contributed by atoms with van der Waals surface area (Å²) in [6.45, 7) is 0. The average Bonchev–Trinajstić information content (AvgIpc) is 4.09. The Morgan fingerprint density at radius 3 is 1.21 bits per heavy atom. The monoisotopic (exact) mass is 809 g/mol. The van der Waals surface area contributed by atoms with Crippen molar-refractivity contribution in [2.45, 2.75) is 16.4 Å². The van der Waals surface area contributed by atoms with Crippen LogP contribution in [-0.2, 0) is 16.4 Å². The summed E-state index contributed by atoms with van der Waals surface area (Å²) >= 11 is 0. The van der Waals surface area contributed by atoms with Crippen molar-refractivity contribution in [3.05, 3.63) is 257 Å². The molecule has 9 heteroatoms. The lowest BCUT2D eigenvalue weighted by molar-refractivity contribution is -0.534. The molecule has 0 bridgehead atoms. The molecule has 9 aromatic rings. The first-order valence-corrected chi connectivity index (χ1v) is 21.0. The van der Waals surface area contributed by atoms with Crippen molar-refractivity contribution < 1.29 is 9.15 Å². The Kier molecular flexibility index (Phi) is 7.33. The molecule has 1 aliphatic heterocycles. The van der Waals surface area contributed by atoms with Crippen LogP contribution in [-0.4, -0.2) is 57.1 Å². The molecule has 13 rings (SSSR count). The van der Waals surface area contributed by atoms with Crippen molar-refractivity contribution in [3.63, 3.8) is 0 Å². The molecule has 2 aromatic carbocycles. The molecule has 63 heavy (non-hydrogen) atoms. The van der Waals surface area contributed by atoms with Crippen molar-refractivity contribution >= 4 is 6.01 Å². The lowest BCUT2D eigenvalue weighted by Crippen LogP contribution is -2.39. The third-order valence-electron chi connectivity index (χ3n) is 13.4. The molecule has 0 N–H and O–H groups in total. The van der Waals surface area contributed by atoms with Gasteiger partial charge in [0.15, 0.2) is 7.05 Å². The highest BCUT2D eigenvalue weighted by Gasteiger charge is 2.60. The third kappa shape index (κ3) is 4.48. The number of nitrogens with zero attached hydrogens (tertiary/aromatic N) is 9. The molecule has 0 atom stereocenters. The van der Waals surface area contributed by atoms with Gasteiger partial charge in [0.2, 0.25) is 12.4 Å². The van der Waals surface area contributed by atoms with E-state index in [-0.39, 0.29) is 0 Å². The van der Waals surface area contributed by atoms with Crippen molar-refractivity contribution in [1.82, 2.24) is 34.9 Å². The maximum Gasteiger partial charge on any atom is 0.490 e. The van der Waals surface area contributed by atoms with Gasteiger partial charge in [0, 0.05) is 82.3 Å². The number of hydrogen-bond donors (Lipinski definition) is 0. The van der Waals surface area contributed by atoms with Crippen molar-refractivity contribution in [3.8, 4) is 33.4 Å². The van der Waals surface area contributed by atoms with Gasteiger partial charge in [-0.3, -0.25) is 34.9 Å². The van der Waals surface area contributed by atoms with Crippen molar-refractivity contribution in [2.75, 3.05) is 7.05 Å². The largest absolute Gasteiger partial charge is 0.490 e. The minimum absolute atomic E-state index is 0.843. The van der Waals surface area contributed by atoms with Crippen LogP contribution in [0.15, 0.2) is 195 Å². The first-order valence-electron chi connectivity index (χ1n) is 21.0. The first kappa shape index (κ1) is 35.4. The van der Waals surface area contributed by atoms with Crippen LogP contribution in [0.4, 0.5) is 0 Å². The van der Waals surface area contributed by atoms with Gasteiger partial charge in [0.05, 0.1) is 28.5 Å². The fraction of sp³-hybridized carbons (Fsp3) is 0.0741. The molecule has 0 unspecified atom stereocenters. The van der Waals surface area contributed by atoms with Gasteiger partial charge in [0.1, 0.15) is 22.2 Å². The minimum atomic E-state index is -0.978. The Morgan fingerprint density at radius 2 is 0.762 bits per heavy atom.